The van der Waals surface area contributed by atoms with Crippen LogP contribution in [0.2, 0.25) is 0 Å². The Hall–Kier alpha value is -0.0900. The molecule has 0 heterocycles. The first kappa shape index (κ1) is 14.0. The lowest BCUT2D eigenvalue weighted by Gasteiger charge is -2.18. The van der Waals surface area contributed by atoms with Gasteiger partial charge in [0, 0.05) is 11.8 Å². The van der Waals surface area contributed by atoms with Crippen LogP contribution in [0.4, 0.5) is 0 Å². The molecule has 1 saturated carbocycles. The summed E-state index contributed by atoms with van der Waals surface area (Å²) >= 11 is 0. The van der Waals surface area contributed by atoms with Gasteiger partial charge in [-0.15, -0.1) is 0 Å². The van der Waals surface area contributed by atoms with Crippen molar-refractivity contribution in [1.82, 2.24) is 0 Å². The molecule has 0 bridgehead atoms. The first-order chi connectivity index (χ1) is 7.44. The molecule has 0 aromatic rings. The van der Waals surface area contributed by atoms with Gasteiger partial charge in [0.15, 0.2) is 0 Å². The summed E-state index contributed by atoms with van der Waals surface area (Å²) in [6.07, 6.45) is 5.31. The van der Waals surface area contributed by atoms with E-state index in [0.29, 0.717) is 11.7 Å². The predicted molar refractivity (Wildman–Crippen MR) is 68.0 cm³/mol. The zero-order chi connectivity index (χ0) is 12.2. The molecule has 0 aliphatic heterocycles. The first-order valence-corrected chi connectivity index (χ1v) is 8.22. The highest BCUT2D eigenvalue weighted by Gasteiger charge is 2.26. The highest BCUT2D eigenvalue weighted by atomic mass is 32.2. The fourth-order valence-corrected chi connectivity index (χ4v) is 3.45. The number of hydrogen-bond acceptors (Lipinski definition) is 3. The molecule has 96 valence electrons. The summed E-state index contributed by atoms with van der Waals surface area (Å²) in [5.41, 5.74) is 6.12. The van der Waals surface area contributed by atoms with Gasteiger partial charge in [-0.3, -0.25) is 0 Å². The maximum absolute atomic E-state index is 11.3. The molecule has 1 aliphatic carbocycles. The Morgan fingerprint density at radius 1 is 1.38 bits per heavy atom. The molecular weight excluding hydrogens is 222 g/mol. The molecule has 3 unspecified atom stereocenters. The standard InChI is InChI=1S/C12H25NO2S/c1-3-16(14,15)8-4-5-12(13)11-7-6-10(2)9-11/h10-12H,3-9,13H2,1-2H3. The summed E-state index contributed by atoms with van der Waals surface area (Å²) < 4.78 is 22.6. The van der Waals surface area contributed by atoms with Crippen LogP contribution in [-0.2, 0) is 9.84 Å². The molecule has 4 heteroatoms. The molecule has 0 spiro atoms. The average molecular weight is 247 g/mol. The van der Waals surface area contributed by atoms with Gasteiger partial charge in [0.1, 0.15) is 9.84 Å². The molecule has 1 aliphatic rings. The van der Waals surface area contributed by atoms with Crippen molar-refractivity contribution < 1.29 is 8.42 Å². The van der Waals surface area contributed by atoms with E-state index in [1.807, 2.05) is 0 Å². The minimum Gasteiger partial charge on any atom is -0.327 e. The van der Waals surface area contributed by atoms with Gasteiger partial charge in [0.2, 0.25) is 0 Å². The second kappa shape index (κ2) is 6.01. The molecule has 0 saturated heterocycles. The lowest BCUT2D eigenvalue weighted by molar-refractivity contribution is 0.395. The zero-order valence-corrected chi connectivity index (χ0v) is 11.3. The topological polar surface area (TPSA) is 60.2 Å². The second-order valence-corrected chi connectivity index (χ2v) is 7.69. The van der Waals surface area contributed by atoms with Crippen molar-refractivity contribution in [2.45, 2.75) is 52.0 Å². The van der Waals surface area contributed by atoms with E-state index in [2.05, 4.69) is 6.92 Å². The normalized spacial score (nSPS) is 28.2. The molecule has 1 rings (SSSR count). The van der Waals surface area contributed by atoms with Crippen molar-refractivity contribution in [2.75, 3.05) is 11.5 Å². The number of rotatable bonds is 6. The Morgan fingerprint density at radius 2 is 2.06 bits per heavy atom. The van der Waals surface area contributed by atoms with Crippen molar-refractivity contribution in [3.8, 4) is 0 Å². The molecule has 0 amide bonds. The number of hydrogen-bond donors (Lipinski definition) is 1. The van der Waals surface area contributed by atoms with Crippen LogP contribution in [0.5, 0.6) is 0 Å². The van der Waals surface area contributed by atoms with Crippen molar-refractivity contribution in [3.05, 3.63) is 0 Å². The molecule has 3 atom stereocenters. The van der Waals surface area contributed by atoms with E-state index in [9.17, 15) is 8.42 Å². The Labute approximate surface area is 99.7 Å². The van der Waals surface area contributed by atoms with Crippen LogP contribution >= 0.6 is 0 Å². The number of nitrogens with two attached hydrogens (primary N) is 1. The van der Waals surface area contributed by atoms with Gasteiger partial charge in [-0.25, -0.2) is 8.42 Å². The van der Waals surface area contributed by atoms with Gasteiger partial charge in [0.25, 0.3) is 0 Å². The highest BCUT2D eigenvalue weighted by Crippen LogP contribution is 2.33. The van der Waals surface area contributed by atoms with E-state index in [-0.39, 0.29) is 11.8 Å². The van der Waals surface area contributed by atoms with Crippen LogP contribution in [0.25, 0.3) is 0 Å². The molecule has 16 heavy (non-hydrogen) atoms. The van der Waals surface area contributed by atoms with Crippen LogP contribution in [0.1, 0.15) is 46.0 Å². The average Bonchev–Trinajstić information content (AvgIpc) is 2.64. The second-order valence-electron chi connectivity index (χ2n) is 5.22. The van der Waals surface area contributed by atoms with E-state index >= 15 is 0 Å². The molecule has 2 N–H and O–H groups in total. The van der Waals surface area contributed by atoms with E-state index < -0.39 is 9.84 Å². The summed E-state index contributed by atoms with van der Waals surface area (Å²) in [5.74, 6) is 1.98. The van der Waals surface area contributed by atoms with Crippen molar-refractivity contribution in [1.29, 1.82) is 0 Å². The summed E-state index contributed by atoms with van der Waals surface area (Å²) in [5, 5.41) is 0. The Kier molecular flexibility index (Phi) is 5.25. The lowest BCUT2D eigenvalue weighted by Crippen LogP contribution is -2.29. The minimum absolute atomic E-state index is 0.206. The van der Waals surface area contributed by atoms with Gasteiger partial charge >= 0.3 is 0 Å². The SMILES string of the molecule is CCS(=O)(=O)CCCC(N)C1CCC(C)C1. The Balaban J connectivity index is 2.23. The summed E-state index contributed by atoms with van der Waals surface area (Å²) in [7, 11) is -2.81. The third-order valence-corrected chi connectivity index (χ3v) is 5.56. The smallest absolute Gasteiger partial charge is 0.150 e. The molecule has 0 aromatic carbocycles. The van der Waals surface area contributed by atoms with Gasteiger partial charge in [0.05, 0.1) is 5.75 Å². The van der Waals surface area contributed by atoms with Gasteiger partial charge in [-0.2, -0.15) is 0 Å². The minimum atomic E-state index is -2.81. The Morgan fingerprint density at radius 3 is 2.56 bits per heavy atom. The third-order valence-electron chi connectivity index (χ3n) is 3.77. The van der Waals surface area contributed by atoms with E-state index in [4.69, 9.17) is 5.73 Å². The van der Waals surface area contributed by atoms with Gasteiger partial charge < -0.3 is 5.73 Å². The summed E-state index contributed by atoms with van der Waals surface area (Å²) in [6, 6.07) is 0.206. The third kappa shape index (κ3) is 4.42. The number of sulfone groups is 1. The van der Waals surface area contributed by atoms with Crippen LogP contribution in [0, 0.1) is 11.8 Å². The highest BCUT2D eigenvalue weighted by molar-refractivity contribution is 7.91. The maximum Gasteiger partial charge on any atom is 0.150 e. The quantitative estimate of drug-likeness (QED) is 0.780. The lowest BCUT2D eigenvalue weighted by atomic mass is 9.94. The van der Waals surface area contributed by atoms with Crippen LogP contribution in [-0.4, -0.2) is 26.0 Å². The van der Waals surface area contributed by atoms with Crippen molar-refractivity contribution in [2.24, 2.45) is 17.6 Å². The fraction of sp³-hybridized carbons (Fsp3) is 1.00. The van der Waals surface area contributed by atoms with Gasteiger partial charge in [-0.1, -0.05) is 20.3 Å². The Bertz CT molecular complexity index is 300. The fourth-order valence-electron chi connectivity index (χ4n) is 2.56. The molecule has 3 nitrogen and oxygen atoms in total. The van der Waals surface area contributed by atoms with Crippen LogP contribution in [0.3, 0.4) is 0 Å². The monoisotopic (exact) mass is 247 g/mol. The molecule has 1 fully saturated rings. The predicted octanol–water partition coefficient (Wildman–Crippen LogP) is 1.96. The molecule has 0 radical (unpaired) electrons. The van der Waals surface area contributed by atoms with Gasteiger partial charge in [-0.05, 0) is 37.5 Å². The zero-order valence-electron chi connectivity index (χ0n) is 10.5. The summed E-state index contributed by atoms with van der Waals surface area (Å²) in [6.45, 7) is 3.97. The van der Waals surface area contributed by atoms with Crippen LogP contribution in [0.15, 0.2) is 0 Å². The van der Waals surface area contributed by atoms with E-state index in [0.717, 1.165) is 18.8 Å². The molecule has 0 aromatic heterocycles. The summed E-state index contributed by atoms with van der Waals surface area (Å²) in [4.78, 5) is 0. The van der Waals surface area contributed by atoms with E-state index in [1.54, 1.807) is 6.92 Å². The molecular formula is C12H25NO2S. The maximum atomic E-state index is 11.3. The van der Waals surface area contributed by atoms with E-state index in [1.165, 1.54) is 19.3 Å². The largest absolute Gasteiger partial charge is 0.327 e. The van der Waals surface area contributed by atoms with Crippen molar-refractivity contribution in [3.63, 3.8) is 0 Å². The van der Waals surface area contributed by atoms with Crippen molar-refractivity contribution >= 4 is 9.84 Å². The first-order valence-electron chi connectivity index (χ1n) is 6.40. The van der Waals surface area contributed by atoms with Crippen LogP contribution < -0.4 is 5.73 Å².